The quantitative estimate of drug-likeness (QED) is 0.770. The highest BCUT2D eigenvalue weighted by Crippen LogP contribution is 2.35. The van der Waals surface area contributed by atoms with E-state index in [1.165, 1.54) is 38.5 Å². The number of aliphatic hydroxyl groups is 1. The minimum Gasteiger partial charge on any atom is -0.491 e. The van der Waals surface area contributed by atoms with Crippen LogP contribution in [0.3, 0.4) is 0 Å². The average molecular weight is 360 g/mol. The van der Waals surface area contributed by atoms with Crippen LogP contribution in [0.5, 0.6) is 5.75 Å². The molecule has 4 heteroatoms. The van der Waals surface area contributed by atoms with Crippen molar-refractivity contribution in [2.45, 2.75) is 70.4 Å². The van der Waals surface area contributed by atoms with Gasteiger partial charge in [0, 0.05) is 19.0 Å². The SMILES string of the molecule is CC(=O)CCc1ccc(OC[C@H](O)CN2CCC[C@@H]3CCCC[C@@H]32)cc1. The Morgan fingerprint density at radius 2 is 1.92 bits per heavy atom. The van der Waals surface area contributed by atoms with Gasteiger partial charge in [-0.25, -0.2) is 0 Å². The second-order valence-corrected chi connectivity index (χ2v) is 8.06. The number of carbonyl (C=O) groups is 1. The Morgan fingerprint density at radius 1 is 1.19 bits per heavy atom. The molecule has 0 amide bonds. The molecule has 1 aliphatic carbocycles. The number of carbonyl (C=O) groups excluding carboxylic acids is 1. The maximum atomic E-state index is 11.1. The van der Waals surface area contributed by atoms with E-state index in [2.05, 4.69) is 4.90 Å². The number of ketones is 1. The van der Waals surface area contributed by atoms with Gasteiger partial charge >= 0.3 is 0 Å². The molecule has 1 N–H and O–H groups in total. The first-order valence-corrected chi connectivity index (χ1v) is 10.2. The number of ether oxygens (including phenoxy) is 1. The maximum Gasteiger partial charge on any atom is 0.130 e. The predicted octanol–water partition coefficient (Wildman–Crippen LogP) is 3.60. The van der Waals surface area contributed by atoms with Gasteiger partial charge in [-0.05, 0) is 69.2 Å². The zero-order valence-corrected chi connectivity index (χ0v) is 16.0. The Labute approximate surface area is 157 Å². The Bertz CT molecular complexity index is 569. The predicted molar refractivity (Wildman–Crippen MR) is 103 cm³/mol. The number of hydrogen-bond donors (Lipinski definition) is 1. The number of fused-ring (bicyclic) bond motifs is 1. The fourth-order valence-corrected chi connectivity index (χ4v) is 4.54. The molecule has 1 aromatic rings. The van der Waals surface area contributed by atoms with Crippen molar-refractivity contribution < 1.29 is 14.6 Å². The van der Waals surface area contributed by atoms with E-state index in [1.54, 1.807) is 6.92 Å². The van der Waals surface area contributed by atoms with Crippen molar-refractivity contribution in [3.8, 4) is 5.75 Å². The molecule has 26 heavy (non-hydrogen) atoms. The molecule has 3 atom stereocenters. The molecule has 2 fully saturated rings. The van der Waals surface area contributed by atoms with E-state index in [9.17, 15) is 9.90 Å². The lowest BCUT2D eigenvalue weighted by atomic mass is 9.78. The first-order valence-electron chi connectivity index (χ1n) is 10.2. The van der Waals surface area contributed by atoms with Gasteiger partial charge in [0.05, 0.1) is 0 Å². The Balaban J connectivity index is 1.43. The van der Waals surface area contributed by atoms with Crippen molar-refractivity contribution in [1.29, 1.82) is 0 Å². The summed E-state index contributed by atoms with van der Waals surface area (Å²) in [4.78, 5) is 13.6. The van der Waals surface area contributed by atoms with Crippen LogP contribution in [-0.4, -0.2) is 47.6 Å². The number of rotatable bonds is 8. The zero-order valence-electron chi connectivity index (χ0n) is 16.0. The summed E-state index contributed by atoms with van der Waals surface area (Å²) in [6, 6.07) is 8.54. The van der Waals surface area contributed by atoms with Crippen LogP contribution in [-0.2, 0) is 11.2 Å². The van der Waals surface area contributed by atoms with Gasteiger partial charge in [-0.3, -0.25) is 4.90 Å². The van der Waals surface area contributed by atoms with E-state index >= 15 is 0 Å². The number of benzene rings is 1. The fourth-order valence-electron chi connectivity index (χ4n) is 4.54. The van der Waals surface area contributed by atoms with Crippen molar-refractivity contribution in [2.75, 3.05) is 19.7 Å². The van der Waals surface area contributed by atoms with Crippen LogP contribution in [0, 0.1) is 5.92 Å². The Kier molecular flexibility index (Phi) is 7.09. The standard InChI is InChI=1S/C22H33NO3/c1-17(24)8-9-18-10-12-21(13-11-18)26-16-20(25)15-23-14-4-6-19-5-2-3-7-22(19)23/h10-13,19-20,22,25H,2-9,14-16H2,1H3/t19-,20+,22-/m0/s1. The summed E-state index contributed by atoms with van der Waals surface area (Å²) in [5.41, 5.74) is 1.14. The van der Waals surface area contributed by atoms with Crippen molar-refractivity contribution in [3.63, 3.8) is 0 Å². The highest BCUT2D eigenvalue weighted by atomic mass is 16.5. The second kappa shape index (κ2) is 9.52. The van der Waals surface area contributed by atoms with Crippen LogP contribution < -0.4 is 4.74 Å². The van der Waals surface area contributed by atoms with Gasteiger partial charge in [-0.15, -0.1) is 0 Å². The van der Waals surface area contributed by atoms with Crippen molar-refractivity contribution in [1.82, 2.24) is 4.90 Å². The molecule has 0 unspecified atom stereocenters. The molecule has 0 spiro atoms. The average Bonchev–Trinajstić information content (AvgIpc) is 2.66. The summed E-state index contributed by atoms with van der Waals surface area (Å²) in [5.74, 6) is 1.84. The third kappa shape index (κ3) is 5.55. The molecule has 0 aromatic heterocycles. The second-order valence-electron chi connectivity index (χ2n) is 8.06. The van der Waals surface area contributed by atoms with Gasteiger partial charge in [-0.1, -0.05) is 25.0 Å². The highest BCUT2D eigenvalue weighted by molar-refractivity contribution is 5.75. The largest absolute Gasteiger partial charge is 0.491 e. The Hall–Kier alpha value is -1.39. The molecule has 1 saturated heterocycles. The number of likely N-dealkylation sites (tertiary alicyclic amines) is 1. The van der Waals surface area contributed by atoms with Crippen LogP contribution in [0.1, 0.15) is 57.4 Å². The highest BCUT2D eigenvalue weighted by Gasteiger charge is 2.33. The molecule has 1 saturated carbocycles. The summed E-state index contributed by atoms with van der Waals surface area (Å²) in [6.45, 7) is 3.79. The van der Waals surface area contributed by atoms with Gasteiger partial charge < -0.3 is 14.6 Å². The van der Waals surface area contributed by atoms with Gasteiger partial charge in [0.25, 0.3) is 0 Å². The summed E-state index contributed by atoms with van der Waals surface area (Å²) in [6.07, 6.45) is 8.90. The molecule has 3 rings (SSSR count). The van der Waals surface area contributed by atoms with E-state index in [0.717, 1.165) is 36.7 Å². The molecule has 2 aliphatic rings. The van der Waals surface area contributed by atoms with E-state index in [4.69, 9.17) is 4.74 Å². The van der Waals surface area contributed by atoms with Crippen LogP contribution in [0.25, 0.3) is 0 Å². The number of aliphatic hydroxyl groups excluding tert-OH is 1. The number of piperidine rings is 1. The third-order valence-electron chi connectivity index (χ3n) is 5.93. The minimum atomic E-state index is -0.451. The first-order chi connectivity index (χ1) is 12.6. The van der Waals surface area contributed by atoms with E-state index in [1.807, 2.05) is 24.3 Å². The number of nitrogens with zero attached hydrogens (tertiary/aromatic N) is 1. The van der Waals surface area contributed by atoms with E-state index in [-0.39, 0.29) is 5.78 Å². The normalized spacial score (nSPS) is 24.7. The molecular formula is C22H33NO3. The monoisotopic (exact) mass is 359 g/mol. The summed E-state index contributed by atoms with van der Waals surface area (Å²) in [5, 5.41) is 10.4. The van der Waals surface area contributed by atoms with Gasteiger partial charge in [0.1, 0.15) is 24.2 Å². The number of β-amino-alcohol motifs (C(OH)–C–C–N with tert-alkyl or cyclic N) is 1. The number of Topliss-reactive ketones (excluding diaryl/α,β-unsaturated/α-hetero) is 1. The third-order valence-corrected chi connectivity index (χ3v) is 5.93. The van der Waals surface area contributed by atoms with Crippen LogP contribution >= 0.6 is 0 Å². The summed E-state index contributed by atoms with van der Waals surface area (Å²) < 4.78 is 5.78. The van der Waals surface area contributed by atoms with E-state index < -0.39 is 6.10 Å². The molecular weight excluding hydrogens is 326 g/mol. The lowest BCUT2D eigenvalue weighted by Crippen LogP contribution is -2.50. The minimum absolute atomic E-state index is 0.214. The molecule has 4 nitrogen and oxygen atoms in total. The first kappa shape index (κ1) is 19.4. The van der Waals surface area contributed by atoms with Crippen molar-refractivity contribution in [3.05, 3.63) is 29.8 Å². The summed E-state index contributed by atoms with van der Waals surface area (Å²) >= 11 is 0. The van der Waals surface area contributed by atoms with Crippen LogP contribution in [0.4, 0.5) is 0 Å². The Morgan fingerprint density at radius 3 is 2.69 bits per heavy atom. The molecule has 1 heterocycles. The fraction of sp³-hybridized carbons (Fsp3) is 0.682. The number of hydrogen-bond acceptors (Lipinski definition) is 4. The molecule has 1 aliphatic heterocycles. The van der Waals surface area contributed by atoms with Gasteiger partial charge in [0.15, 0.2) is 0 Å². The summed E-state index contributed by atoms with van der Waals surface area (Å²) in [7, 11) is 0. The van der Waals surface area contributed by atoms with Crippen molar-refractivity contribution >= 4 is 5.78 Å². The van der Waals surface area contributed by atoms with Crippen LogP contribution in [0.2, 0.25) is 0 Å². The zero-order chi connectivity index (χ0) is 18.4. The van der Waals surface area contributed by atoms with Gasteiger partial charge in [0.2, 0.25) is 0 Å². The molecule has 0 radical (unpaired) electrons. The van der Waals surface area contributed by atoms with E-state index in [0.29, 0.717) is 19.1 Å². The lowest BCUT2D eigenvalue weighted by Gasteiger charge is -2.44. The lowest BCUT2D eigenvalue weighted by molar-refractivity contribution is -0.116. The maximum absolute atomic E-state index is 11.1. The molecule has 144 valence electrons. The number of aryl methyl sites for hydroxylation is 1. The topological polar surface area (TPSA) is 49.8 Å². The van der Waals surface area contributed by atoms with Gasteiger partial charge in [-0.2, -0.15) is 0 Å². The molecule has 0 bridgehead atoms. The molecule has 1 aromatic carbocycles. The smallest absolute Gasteiger partial charge is 0.130 e. The van der Waals surface area contributed by atoms with Crippen LogP contribution in [0.15, 0.2) is 24.3 Å². The van der Waals surface area contributed by atoms with Crippen molar-refractivity contribution in [2.24, 2.45) is 5.92 Å².